The number of hydrogen-bond acceptors (Lipinski definition) is 9. The lowest BCUT2D eigenvalue weighted by molar-refractivity contribution is -0.384. The normalized spacial score (nSPS) is 10.4. The fourth-order valence-electron chi connectivity index (χ4n) is 2.37. The van der Waals surface area contributed by atoms with E-state index in [9.17, 15) is 19.7 Å². The van der Waals surface area contributed by atoms with Gasteiger partial charge in [0.2, 0.25) is 0 Å². The molecule has 11 heteroatoms. The van der Waals surface area contributed by atoms with Gasteiger partial charge in [-0.3, -0.25) is 14.9 Å². The minimum Gasteiger partial charge on any atom is -0.494 e. The predicted molar refractivity (Wildman–Crippen MR) is 109 cm³/mol. The summed E-state index contributed by atoms with van der Waals surface area (Å²) in [6.45, 7) is 1.18. The average molecular weight is 433 g/mol. The van der Waals surface area contributed by atoms with Crippen LogP contribution in [-0.4, -0.2) is 35.5 Å². The monoisotopic (exact) mass is 433 g/mol. The van der Waals surface area contributed by atoms with Crippen molar-refractivity contribution >= 4 is 45.9 Å². The van der Waals surface area contributed by atoms with Crippen LogP contribution < -0.4 is 10.1 Å². The summed E-state index contributed by atoms with van der Waals surface area (Å²) in [6, 6.07) is 7.57. The largest absolute Gasteiger partial charge is 0.494 e. The standard InChI is InChI=1S/C18H15N3O6S2/c1-10-16(29-17(19-10)14-4-3-7-28-14)18(23)27-9-15(22)20-12-6-5-11(21(24)25)8-13(12)26-2/h3-8H,9H2,1-2H3,(H,20,22). The van der Waals surface area contributed by atoms with E-state index in [1.807, 2.05) is 17.5 Å². The van der Waals surface area contributed by atoms with E-state index in [2.05, 4.69) is 10.3 Å². The second-order valence-electron chi connectivity index (χ2n) is 5.68. The molecule has 0 aliphatic carbocycles. The van der Waals surface area contributed by atoms with Gasteiger partial charge in [0.05, 0.1) is 34.4 Å². The van der Waals surface area contributed by atoms with Gasteiger partial charge in [-0.05, 0) is 24.4 Å². The predicted octanol–water partition coefficient (Wildman–Crippen LogP) is 3.89. The van der Waals surface area contributed by atoms with Gasteiger partial charge >= 0.3 is 5.97 Å². The van der Waals surface area contributed by atoms with Crippen LogP contribution in [0.1, 0.15) is 15.4 Å². The lowest BCUT2D eigenvalue weighted by Crippen LogP contribution is -2.21. The number of nitro benzene ring substituents is 1. The summed E-state index contributed by atoms with van der Waals surface area (Å²) in [5.41, 5.74) is 0.586. The molecule has 2 aromatic heterocycles. The third-order valence-electron chi connectivity index (χ3n) is 3.72. The number of thiophene rings is 1. The number of esters is 1. The fourth-order valence-corrected chi connectivity index (χ4v) is 4.13. The minimum absolute atomic E-state index is 0.123. The Kier molecular flexibility index (Phi) is 6.20. The molecule has 1 amide bonds. The van der Waals surface area contributed by atoms with Crippen LogP contribution in [0, 0.1) is 17.0 Å². The highest BCUT2D eigenvalue weighted by Crippen LogP contribution is 2.31. The molecule has 0 aliphatic rings. The number of nitrogens with one attached hydrogen (secondary N) is 1. The van der Waals surface area contributed by atoms with E-state index in [1.165, 1.54) is 48.0 Å². The van der Waals surface area contributed by atoms with Gasteiger partial charge in [-0.25, -0.2) is 9.78 Å². The first-order chi connectivity index (χ1) is 13.9. The van der Waals surface area contributed by atoms with Gasteiger partial charge in [-0.15, -0.1) is 22.7 Å². The first-order valence-corrected chi connectivity index (χ1v) is 9.89. The number of benzene rings is 1. The molecule has 0 bridgehead atoms. The first-order valence-electron chi connectivity index (χ1n) is 8.19. The molecule has 1 N–H and O–H groups in total. The Hall–Kier alpha value is -3.31. The van der Waals surface area contributed by atoms with Crippen molar-refractivity contribution in [1.29, 1.82) is 0 Å². The number of nitro groups is 1. The molecule has 2 heterocycles. The number of methoxy groups -OCH3 is 1. The Morgan fingerprint density at radius 1 is 1.31 bits per heavy atom. The number of aryl methyl sites for hydroxylation is 1. The third kappa shape index (κ3) is 4.76. The van der Waals surface area contributed by atoms with Crippen molar-refractivity contribution < 1.29 is 24.0 Å². The summed E-state index contributed by atoms with van der Waals surface area (Å²) in [5, 5.41) is 16.0. The molecule has 0 saturated heterocycles. The Morgan fingerprint density at radius 3 is 2.76 bits per heavy atom. The maximum atomic E-state index is 12.3. The van der Waals surface area contributed by atoms with Gasteiger partial charge in [0.1, 0.15) is 15.6 Å². The molecule has 0 spiro atoms. The SMILES string of the molecule is COc1cc([N+](=O)[O-])ccc1NC(=O)COC(=O)c1sc(-c2cccs2)nc1C. The van der Waals surface area contributed by atoms with E-state index in [-0.39, 0.29) is 17.1 Å². The zero-order valence-corrected chi connectivity index (χ0v) is 17.0. The minimum atomic E-state index is -0.645. The van der Waals surface area contributed by atoms with Crippen LogP contribution in [0.15, 0.2) is 35.7 Å². The van der Waals surface area contributed by atoms with Crippen LogP contribution in [0.2, 0.25) is 0 Å². The van der Waals surface area contributed by atoms with E-state index in [0.717, 1.165) is 4.88 Å². The van der Waals surface area contributed by atoms with E-state index in [0.29, 0.717) is 15.6 Å². The van der Waals surface area contributed by atoms with Crippen molar-refractivity contribution in [2.24, 2.45) is 0 Å². The molecule has 9 nitrogen and oxygen atoms in total. The van der Waals surface area contributed by atoms with Crippen molar-refractivity contribution in [3.8, 4) is 15.6 Å². The Morgan fingerprint density at radius 2 is 2.10 bits per heavy atom. The zero-order valence-electron chi connectivity index (χ0n) is 15.3. The second kappa shape index (κ2) is 8.80. The smallest absolute Gasteiger partial charge is 0.350 e. The molecule has 0 saturated carbocycles. The maximum Gasteiger partial charge on any atom is 0.350 e. The molecule has 3 aromatic rings. The Labute approximate surface area is 173 Å². The number of aromatic nitrogens is 1. The summed E-state index contributed by atoms with van der Waals surface area (Å²) in [7, 11) is 1.33. The van der Waals surface area contributed by atoms with Crippen LogP contribution >= 0.6 is 22.7 Å². The van der Waals surface area contributed by atoms with Gasteiger partial charge < -0.3 is 14.8 Å². The molecule has 29 heavy (non-hydrogen) atoms. The van der Waals surface area contributed by atoms with Crippen molar-refractivity contribution in [2.45, 2.75) is 6.92 Å². The molecule has 0 fully saturated rings. The van der Waals surface area contributed by atoms with Crippen LogP contribution in [-0.2, 0) is 9.53 Å². The highest BCUT2D eigenvalue weighted by molar-refractivity contribution is 7.22. The molecular formula is C18H15N3O6S2. The van der Waals surface area contributed by atoms with Crippen molar-refractivity contribution in [1.82, 2.24) is 4.98 Å². The third-order valence-corrected chi connectivity index (χ3v) is 5.89. The summed E-state index contributed by atoms with van der Waals surface area (Å²) < 4.78 is 10.1. The van der Waals surface area contributed by atoms with Crippen molar-refractivity contribution in [2.75, 3.05) is 19.0 Å². The summed E-state index contributed by atoms with van der Waals surface area (Å²) in [5.74, 6) is -1.13. The Bertz CT molecular complexity index is 1060. The molecule has 0 aliphatic heterocycles. The average Bonchev–Trinajstić information content (AvgIpc) is 3.36. The number of rotatable bonds is 7. The number of hydrogen-bond donors (Lipinski definition) is 1. The molecule has 0 unspecified atom stereocenters. The van der Waals surface area contributed by atoms with E-state index >= 15 is 0 Å². The second-order valence-corrected chi connectivity index (χ2v) is 7.62. The van der Waals surface area contributed by atoms with Gasteiger partial charge in [-0.2, -0.15) is 0 Å². The van der Waals surface area contributed by atoms with Crippen molar-refractivity contribution in [3.05, 3.63) is 56.4 Å². The first kappa shape index (κ1) is 20.4. The molecular weight excluding hydrogens is 418 g/mol. The van der Waals surface area contributed by atoms with Crippen LogP contribution in [0.5, 0.6) is 5.75 Å². The number of anilines is 1. The van der Waals surface area contributed by atoms with E-state index < -0.39 is 23.4 Å². The van der Waals surface area contributed by atoms with Gasteiger partial charge in [0.15, 0.2) is 6.61 Å². The Balaban J connectivity index is 1.62. The summed E-state index contributed by atoms with van der Waals surface area (Å²) >= 11 is 2.71. The number of nitrogens with zero attached hydrogens (tertiary/aromatic N) is 2. The van der Waals surface area contributed by atoms with Gasteiger partial charge in [-0.1, -0.05) is 6.07 Å². The molecule has 0 atom stereocenters. The van der Waals surface area contributed by atoms with Crippen LogP contribution in [0.25, 0.3) is 9.88 Å². The number of carbonyl (C=O) groups is 2. The van der Waals surface area contributed by atoms with Crippen LogP contribution in [0.3, 0.4) is 0 Å². The maximum absolute atomic E-state index is 12.3. The van der Waals surface area contributed by atoms with E-state index in [4.69, 9.17) is 9.47 Å². The lowest BCUT2D eigenvalue weighted by Gasteiger charge is -2.10. The highest BCUT2D eigenvalue weighted by atomic mass is 32.1. The highest BCUT2D eigenvalue weighted by Gasteiger charge is 2.20. The number of ether oxygens (including phenoxy) is 2. The summed E-state index contributed by atoms with van der Waals surface area (Å²) in [4.78, 5) is 40.3. The lowest BCUT2D eigenvalue weighted by atomic mass is 10.2. The number of amides is 1. The molecule has 1 aromatic carbocycles. The van der Waals surface area contributed by atoms with E-state index in [1.54, 1.807) is 6.92 Å². The number of non-ortho nitro benzene ring substituents is 1. The molecule has 0 radical (unpaired) electrons. The molecule has 150 valence electrons. The van der Waals surface area contributed by atoms with Crippen molar-refractivity contribution in [3.63, 3.8) is 0 Å². The zero-order chi connectivity index (χ0) is 21.0. The summed E-state index contributed by atoms with van der Waals surface area (Å²) in [6.07, 6.45) is 0. The topological polar surface area (TPSA) is 121 Å². The number of thiazole rings is 1. The van der Waals surface area contributed by atoms with Gasteiger partial charge in [0.25, 0.3) is 11.6 Å². The molecule has 3 rings (SSSR count). The quantitative estimate of drug-likeness (QED) is 0.341. The van der Waals surface area contributed by atoms with Gasteiger partial charge in [0, 0.05) is 6.07 Å². The van der Waals surface area contributed by atoms with Crippen LogP contribution in [0.4, 0.5) is 11.4 Å². The fraction of sp³-hybridized carbons (Fsp3) is 0.167. The number of carbonyl (C=O) groups excluding carboxylic acids is 2.